The van der Waals surface area contributed by atoms with Gasteiger partial charge in [-0.2, -0.15) is 0 Å². The molecule has 0 unspecified atom stereocenters. The molecule has 1 N–H and O–H groups in total. The Morgan fingerprint density at radius 3 is 2.62 bits per heavy atom. The molecule has 3 nitrogen and oxygen atoms in total. The van der Waals surface area contributed by atoms with Gasteiger partial charge < -0.3 is 10.2 Å². The molecule has 1 amide bonds. The van der Waals surface area contributed by atoms with Crippen molar-refractivity contribution in [1.29, 1.82) is 0 Å². The van der Waals surface area contributed by atoms with Crippen LogP contribution in [0.1, 0.15) is 31.7 Å². The van der Waals surface area contributed by atoms with E-state index in [9.17, 15) is 4.79 Å². The van der Waals surface area contributed by atoms with E-state index in [1.807, 2.05) is 12.1 Å². The first-order valence-electron chi connectivity index (χ1n) is 7.90. The Kier molecular flexibility index (Phi) is 4.51. The van der Waals surface area contributed by atoms with E-state index in [4.69, 9.17) is 11.6 Å². The number of rotatable bonds is 4. The molecule has 2 atom stereocenters. The molecular formula is C17H23ClN2O. The normalized spacial score (nSPS) is 25.9. The van der Waals surface area contributed by atoms with Crippen LogP contribution >= 0.6 is 11.6 Å². The number of piperidine rings is 1. The van der Waals surface area contributed by atoms with E-state index >= 15 is 0 Å². The number of hydrogen-bond acceptors (Lipinski definition) is 2. The lowest BCUT2D eigenvalue weighted by molar-refractivity contribution is -0.134. The molecule has 1 aromatic carbocycles. The highest BCUT2D eigenvalue weighted by Crippen LogP contribution is 2.32. The van der Waals surface area contributed by atoms with Gasteiger partial charge in [0, 0.05) is 36.6 Å². The van der Waals surface area contributed by atoms with Crippen molar-refractivity contribution < 1.29 is 4.79 Å². The lowest BCUT2D eigenvalue weighted by Gasteiger charge is -2.37. The zero-order chi connectivity index (χ0) is 14.8. The third-order valence-electron chi connectivity index (χ3n) is 4.63. The molecule has 0 spiro atoms. The summed E-state index contributed by atoms with van der Waals surface area (Å²) in [6, 6.07) is 8.47. The predicted octanol–water partition coefficient (Wildman–Crippen LogP) is 3.08. The van der Waals surface area contributed by atoms with E-state index in [0.29, 0.717) is 23.8 Å². The van der Waals surface area contributed by atoms with Gasteiger partial charge in [-0.1, -0.05) is 30.7 Å². The Bertz CT molecular complexity index is 498. The summed E-state index contributed by atoms with van der Waals surface area (Å²) in [4.78, 5) is 14.2. The molecule has 1 heterocycles. The van der Waals surface area contributed by atoms with Crippen LogP contribution in [-0.2, 0) is 11.3 Å². The number of nitrogens with one attached hydrogen (secondary N) is 1. The van der Waals surface area contributed by atoms with Gasteiger partial charge in [-0.3, -0.25) is 4.79 Å². The quantitative estimate of drug-likeness (QED) is 0.927. The van der Waals surface area contributed by atoms with Crippen LogP contribution in [0.3, 0.4) is 0 Å². The Morgan fingerprint density at radius 2 is 2.00 bits per heavy atom. The molecule has 0 aromatic heterocycles. The van der Waals surface area contributed by atoms with E-state index in [0.717, 1.165) is 43.9 Å². The summed E-state index contributed by atoms with van der Waals surface area (Å²) < 4.78 is 0. The fourth-order valence-electron chi connectivity index (χ4n) is 3.09. The summed E-state index contributed by atoms with van der Waals surface area (Å²) in [5.41, 5.74) is 1.25. The molecule has 4 heteroatoms. The summed E-state index contributed by atoms with van der Waals surface area (Å²) in [5, 5.41) is 4.41. The lowest BCUT2D eigenvalue weighted by atomic mass is 9.93. The third kappa shape index (κ3) is 3.78. The maximum Gasteiger partial charge on any atom is 0.225 e. The van der Waals surface area contributed by atoms with Gasteiger partial charge in [0.05, 0.1) is 0 Å². The van der Waals surface area contributed by atoms with Gasteiger partial charge in [0.25, 0.3) is 0 Å². The number of carbonyl (C=O) groups is 1. The molecular weight excluding hydrogens is 284 g/mol. The molecule has 1 saturated heterocycles. The fraction of sp³-hybridized carbons (Fsp3) is 0.588. The topological polar surface area (TPSA) is 32.3 Å². The second kappa shape index (κ2) is 6.37. The van der Waals surface area contributed by atoms with Crippen molar-refractivity contribution in [3.8, 4) is 0 Å². The standard InChI is InChI=1S/C17H23ClN2O/c1-12-11-20(17(21)14-4-5-14)9-8-16(12)19-10-13-2-6-15(18)7-3-13/h2-3,6-7,12,14,16,19H,4-5,8-11H2,1H3/t12-,16-/m0/s1. The minimum Gasteiger partial charge on any atom is -0.342 e. The average Bonchev–Trinajstić information content (AvgIpc) is 3.31. The highest BCUT2D eigenvalue weighted by molar-refractivity contribution is 6.30. The highest BCUT2D eigenvalue weighted by atomic mass is 35.5. The minimum absolute atomic E-state index is 0.343. The van der Waals surface area contributed by atoms with Crippen molar-refractivity contribution >= 4 is 17.5 Å². The van der Waals surface area contributed by atoms with Crippen molar-refractivity contribution in [1.82, 2.24) is 10.2 Å². The van der Waals surface area contributed by atoms with E-state index in [1.54, 1.807) is 0 Å². The van der Waals surface area contributed by atoms with Crippen molar-refractivity contribution in [2.45, 2.75) is 38.8 Å². The SMILES string of the molecule is C[C@H]1CN(C(=O)C2CC2)CC[C@@H]1NCc1ccc(Cl)cc1. The molecule has 1 aromatic rings. The second-order valence-electron chi connectivity index (χ2n) is 6.44. The van der Waals surface area contributed by atoms with Gasteiger partial charge >= 0.3 is 0 Å². The van der Waals surface area contributed by atoms with Gasteiger partial charge in [0.2, 0.25) is 5.91 Å². The van der Waals surface area contributed by atoms with Crippen molar-refractivity contribution in [2.75, 3.05) is 13.1 Å². The molecule has 0 bridgehead atoms. The summed E-state index contributed by atoms with van der Waals surface area (Å²) >= 11 is 5.90. The van der Waals surface area contributed by atoms with E-state index in [-0.39, 0.29) is 0 Å². The first-order valence-corrected chi connectivity index (χ1v) is 8.28. The molecule has 0 radical (unpaired) electrons. The second-order valence-corrected chi connectivity index (χ2v) is 6.87. The van der Waals surface area contributed by atoms with Crippen LogP contribution in [0.15, 0.2) is 24.3 Å². The van der Waals surface area contributed by atoms with Crippen LogP contribution in [-0.4, -0.2) is 29.9 Å². The summed E-state index contributed by atoms with van der Waals surface area (Å²) in [5.74, 6) is 1.24. The molecule has 21 heavy (non-hydrogen) atoms. The van der Waals surface area contributed by atoms with Crippen LogP contribution in [0, 0.1) is 11.8 Å². The van der Waals surface area contributed by atoms with Gasteiger partial charge in [-0.15, -0.1) is 0 Å². The van der Waals surface area contributed by atoms with Crippen LogP contribution in [0.2, 0.25) is 5.02 Å². The zero-order valence-electron chi connectivity index (χ0n) is 12.5. The number of hydrogen-bond donors (Lipinski definition) is 1. The van der Waals surface area contributed by atoms with Crippen LogP contribution in [0.25, 0.3) is 0 Å². The maximum absolute atomic E-state index is 12.1. The Hall–Kier alpha value is -1.06. The lowest BCUT2D eigenvalue weighted by Crippen LogP contribution is -2.50. The summed E-state index contributed by atoms with van der Waals surface area (Å²) in [6.07, 6.45) is 3.25. The molecule has 114 valence electrons. The number of likely N-dealkylation sites (tertiary alicyclic amines) is 1. The summed E-state index contributed by atoms with van der Waals surface area (Å²) in [6.45, 7) is 4.90. The molecule has 2 aliphatic rings. The monoisotopic (exact) mass is 306 g/mol. The highest BCUT2D eigenvalue weighted by Gasteiger charge is 2.36. The fourth-order valence-corrected chi connectivity index (χ4v) is 3.21. The smallest absolute Gasteiger partial charge is 0.225 e. The van der Waals surface area contributed by atoms with E-state index in [1.165, 1.54) is 5.56 Å². The molecule has 1 saturated carbocycles. The van der Waals surface area contributed by atoms with Crippen molar-refractivity contribution in [3.05, 3.63) is 34.9 Å². The molecule has 2 fully saturated rings. The Labute approximate surface area is 131 Å². The molecule has 3 rings (SSSR count). The predicted molar refractivity (Wildman–Crippen MR) is 85.2 cm³/mol. The number of nitrogens with zero attached hydrogens (tertiary/aromatic N) is 1. The number of amides is 1. The molecule has 1 aliphatic carbocycles. The minimum atomic E-state index is 0.343. The van der Waals surface area contributed by atoms with E-state index in [2.05, 4.69) is 29.3 Å². The average molecular weight is 307 g/mol. The van der Waals surface area contributed by atoms with E-state index < -0.39 is 0 Å². The first kappa shape index (κ1) is 14.9. The van der Waals surface area contributed by atoms with Gasteiger partial charge in [0.15, 0.2) is 0 Å². The summed E-state index contributed by atoms with van der Waals surface area (Å²) in [7, 11) is 0. The zero-order valence-corrected chi connectivity index (χ0v) is 13.3. The van der Waals surface area contributed by atoms with Crippen LogP contribution in [0.5, 0.6) is 0 Å². The third-order valence-corrected chi connectivity index (χ3v) is 4.88. The first-order chi connectivity index (χ1) is 10.1. The number of carbonyl (C=O) groups excluding carboxylic acids is 1. The van der Waals surface area contributed by atoms with Gasteiger partial charge in [-0.25, -0.2) is 0 Å². The van der Waals surface area contributed by atoms with Crippen LogP contribution in [0.4, 0.5) is 0 Å². The van der Waals surface area contributed by atoms with Gasteiger partial charge in [-0.05, 0) is 42.9 Å². The Morgan fingerprint density at radius 1 is 1.29 bits per heavy atom. The Balaban J connectivity index is 1.48. The van der Waals surface area contributed by atoms with Crippen molar-refractivity contribution in [3.63, 3.8) is 0 Å². The molecule has 1 aliphatic heterocycles. The van der Waals surface area contributed by atoms with Gasteiger partial charge in [0.1, 0.15) is 0 Å². The van der Waals surface area contributed by atoms with Crippen molar-refractivity contribution in [2.24, 2.45) is 11.8 Å². The number of halogens is 1. The number of benzene rings is 1. The van der Waals surface area contributed by atoms with Crippen LogP contribution < -0.4 is 5.32 Å². The maximum atomic E-state index is 12.1. The largest absolute Gasteiger partial charge is 0.342 e.